The molecule has 1 aliphatic heterocycles. The third-order valence-electron chi connectivity index (χ3n) is 6.22. The van der Waals surface area contributed by atoms with Gasteiger partial charge in [0.2, 0.25) is 0 Å². The standard InChI is InChI=1S/C25H23ClN4O5S/c1-13-7-14(26)8-18(22(13)35-15-9-20(24(32)33)28-11-15)17-3-5-27-19-10-16(36-23(17)19)12-30-21(31)4-6-29(2)25(30)34/h3-8,10,15,20,28H,9,11-12H2,1-2H3,(H,32,33)/t15-,20+/m0/s1. The Morgan fingerprint density at radius 2 is 2.08 bits per heavy atom. The molecule has 1 saturated heterocycles. The molecule has 5 rings (SSSR count). The number of fused-ring (bicyclic) bond motifs is 1. The van der Waals surface area contributed by atoms with Crippen LogP contribution in [0.4, 0.5) is 0 Å². The van der Waals surface area contributed by atoms with Crippen molar-refractivity contribution in [2.45, 2.75) is 32.0 Å². The van der Waals surface area contributed by atoms with Gasteiger partial charge in [-0.2, -0.15) is 0 Å². The van der Waals surface area contributed by atoms with E-state index in [9.17, 15) is 19.5 Å². The molecule has 1 aliphatic rings. The summed E-state index contributed by atoms with van der Waals surface area (Å²) in [5.74, 6) is -0.267. The van der Waals surface area contributed by atoms with Crippen molar-refractivity contribution in [3.8, 4) is 16.9 Å². The molecule has 0 aliphatic carbocycles. The lowest BCUT2D eigenvalue weighted by molar-refractivity contribution is -0.139. The molecule has 0 radical (unpaired) electrons. The number of hydrogen-bond donors (Lipinski definition) is 2. The van der Waals surface area contributed by atoms with E-state index in [-0.39, 0.29) is 23.9 Å². The van der Waals surface area contributed by atoms with Crippen LogP contribution in [0, 0.1) is 6.92 Å². The van der Waals surface area contributed by atoms with Gasteiger partial charge in [0.25, 0.3) is 5.56 Å². The first kappa shape index (κ1) is 24.2. The Hall–Kier alpha value is -3.47. The van der Waals surface area contributed by atoms with Crippen molar-refractivity contribution in [3.63, 3.8) is 0 Å². The minimum atomic E-state index is -0.900. The number of thiophene rings is 1. The van der Waals surface area contributed by atoms with E-state index in [4.69, 9.17) is 16.3 Å². The fourth-order valence-corrected chi connectivity index (χ4v) is 5.83. The van der Waals surface area contributed by atoms with Crippen LogP contribution in [0.1, 0.15) is 16.9 Å². The first-order valence-corrected chi connectivity index (χ1v) is 12.5. The van der Waals surface area contributed by atoms with Crippen LogP contribution in [0.15, 0.2) is 52.3 Å². The van der Waals surface area contributed by atoms with Gasteiger partial charge in [-0.05, 0) is 36.8 Å². The summed E-state index contributed by atoms with van der Waals surface area (Å²) in [4.78, 5) is 41.5. The Labute approximate surface area is 214 Å². The number of aryl methyl sites for hydroxylation is 2. The van der Waals surface area contributed by atoms with Gasteiger partial charge in [0.15, 0.2) is 0 Å². The number of carboxylic acids is 1. The number of pyridine rings is 1. The molecule has 186 valence electrons. The zero-order chi connectivity index (χ0) is 25.6. The van der Waals surface area contributed by atoms with Gasteiger partial charge >= 0.3 is 11.7 Å². The minimum Gasteiger partial charge on any atom is -0.488 e. The SMILES string of the molecule is Cc1cc(Cl)cc(-c2ccnc3cc(Cn4c(=O)ccn(C)c4=O)sc23)c1O[C@@H]1CN[C@@H](C(=O)O)C1. The first-order valence-electron chi connectivity index (χ1n) is 11.3. The molecule has 0 bridgehead atoms. The van der Waals surface area contributed by atoms with E-state index in [1.807, 2.05) is 31.2 Å². The van der Waals surface area contributed by atoms with E-state index in [0.717, 1.165) is 31.8 Å². The summed E-state index contributed by atoms with van der Waals surface area (Å²) in [7, 11) is 1.60. The highest BCUT2D eigenvalue weighted by Gasteiger charge is 2.31. The van der Waals surface area contributed by atoms with Crippen molar-refractivity contribution in [2.75, 3.05) is 6.54 Å². The highest BCUT2D eigenvalue weighted by Crippen LogP contribution is 2.42. The van der Waals surface area contributed by atoms with Crippen LogP contribution in [0.2, 0.25) is 5.02 Å². The van der Waals surface area contributed by atoms with Crippen LogP contribution in [-0.2, 0) is 18.4 Å². The maximum Gasteiger partial charge on any atom is 0.331 e. The van der Waals surface area contributed by atoms with Crippen LogP contribution in [0.3, 0.4) is 0 Å². The molecule has 36 heavy (non-hydrogen) atoms. The fourth-order valence-electron chi connectivity index (χ4n) is 4.43. The molecule has 9 nitrogen and oxygen atoms in total. The predicted molar refractivity (Wildman–Crippen MR) is 138 cm³/mol. The molecule has 2 atom stereocenters. The summed E-state index contributed by atoms with van der Waals surface area (Å²) in [5, 5.41) is 12.8. The molecular weight excluding hydrogens is 504 g/mol. The van der Waals surface area contributed by atoms with Crippen LogP contribution >= 0.6 is 22.9 Å². The van der Waals surface area contributed by atoms with Gasteiger partial charge < -0.3 is 19.7 Å². The summed E-state index contributed by atoms with van der Waals surface area (Å²) in [6.45, 7) is 2.46. The third-order valence-corrected chi connectivity index (χ3v) is 7.58. The zero-order valence-corrected chi connectivity index (χ0v) is 21.1. The van der Waals surface area contributed by atoms with Crippen molar-refractivity contribution in [2.24, 2.45) is 7.05 Å². The number of benzene rings is 1. The maximum absolute atomic E-state index is 12.5. The van der Waals surface area contributed by atoms with Crippen molar-refractivity contribution in [1.29, 1.82) is 0 Å². The van der Waals surface area contributed by atoms with Gasteiger partial charge in [-0.25, -0.2) is 4.79 Å². The Balaban J connectivity index is 1.56. The number of halogens is 1. The number of hydrogen-bond acceptors (Lipinski definition) is 7. The average Bonchev–Trinajstić information content (AvgIpc) is 3.47. The molecule has 0 amide bonds. The van der Waals surface area contributed by atoms with Gasteiger partial charge in [-0.1, -0.05) is 11.6 Å². The number of rotatable bonds is 6. The normalized spacial score (nSPS) is 17.5. The maximum atomic E-state index is 12.5. The number of carbonyl (C=O) groups is 1. The van der Waals surface area contributed by atoms with Crippen LogP contribution in [0.25, 0.3) is 21.3 Å². The number of aliphatic carboxylic acids is 1. The Kier molecular flexibility index (Phi) is 6.42. The quantitative estimate of drug-likeness (QED) is 0.397. The summed E-state index contributed by atoms with van der Waals surface area (Å²) >= 11 is 7.88. The predicted octanol–water partition coefficient (Wildman–Crippen LogP) is 3.03. The molecule has 2 N–H and O–H groups in total. The lowest BCUT2D eigenvalue weighted by atomic mass is 10.0. The van der Waals surface area contributed by atoms with Crippen molar-refractivity contribution < 1.29 is 14.6 Å². The molecule has 3 aromatic heterocycles. The van der Waals surface area contributed by atoms with E-state index in [1.54, 1.807) is 13.2 Å². The van der Waals surface area contributed by atoms with Gasteiger partial charge in [-0.15, -0.1) is 11.3 Å². The largest absolute Gasteiger partial charge is 0.488 e. The van der Waals surface area contributed by atoms with Crippen LogP contribution in [-0.4, -0.2) is 43.9 Å². The van der Waals surface area contributed by atoms with Crippen LogP contribution < -0.4 is 21.3 Å². The van der Waals surface area contributed by atoms with Crippen LogP contribution in [0.5, 0.6) is 5.75 Å². The molecule has 0 spiro atoms. The molecule has 11 heteroatoms. The topological polar surface area (TPSA) is 115 Å². The monoisotopic (exact) mass is 526 g/mol. The Bertz CT molecular complexity index is 1610. The minimum absolute atomic E-state index is 0.134. The lowest BCUT2D eigenvalue weighted by Crippen LogP contribution is -2.37. The summed E-state index contributed by atoms with van der Waals surface area (Å²) in [5.41, 5.74) is 2.43. The van der Waals surface area contributed by atoms with Gasteiger partial charge in [-0.3, -0.25) is 19.1 Å². The van der Waals surface area contributed by atoms with Gasteiger partial charge in [0.1, 0.15) is 17.9 Å². The highest BCUT2D eigenvalue weighted by atomic mass is 35.5. The molecule has 4 aromatic rings. The first-order chi connectivity index (χ1) is 17.2. The van der Waals surface area contributed by atoms with E-state index in [2.05, 4.69) is 10.3 Å². The second-order valence-corrected chi connectivity index (χ2v) is 10.4. The second kappa shape index (κ2) is 9.53. The van der Waals surface area contributed by atoms with E-state index < -0.39 is 12.0 Å². The Morgan fingerprint density at radius 1 is 1.28 bits per heavy atom. The van der Waals surface area contributed by atoms with E-state index in [0.29, 0.717) is 23.7 Å². The number of ether oxygens (including phenoxy) is 1. The number of carboxylic acid groups (broad SMARTS) is 1. The number of nitrogens with one attached hydrogen (secondary N) is 1. The Morgan fingerprint density at radius 3 is 2.83 bits per heavy atom. The highest BCUT2D eigenvalue weighted by molar-refractivity contribution is 7.19. The second-order valence-electron chi connectivity index (χ2n) is 8.79. The molecular formula is C25H23ClN4O5S. The van der Waals surface area contributed by atoms with E-state index in [1.165, 1.54) is 32.7 Å². The van der Waals surface area contributed by atoms with Crippen molar-refractivity contribution >= 4 is 39.1 Å². The molecule has 1 fully saturated rings. The molecule has 4 heterocycles. The van der Waals surface area contributed by atoms with Crippen molar-refractivity contribution in [3.05, 3.63) is 79.0 Å². The average molecular weight is 527 g/mol. The summed E-state index contributed by atoms with van der Waals surface area (Å²) in [6.07, 6.45) is 3.20. The summed E-state index contributed by atoms with van der Waals surface area (Å²) in [6, 6.07) is 8.11. The molecule has 1 aromatic carbocycles. The lowest BCUT2D eigenvalue weighted by Gasteiger charge is -2.19. The molecule has 0 saturated carbocycles. The van der Waals surface area contributed by atoms with Crippen molar-refractivity contribution in [1.82, 2.24) is 19.4 Å². The van der Waals surface area contributed by atoms with Gasteiger partial charge in [0, 0.05) is 59.5 Å². The number of aromatic nitrogens is 3. The number of nitrogens with zero attached hydrogens (tertiary/aromatic N) is 3. The van der Waals surface area contributed by atoms with Gasteiger partial charge in [0.05, 0.1) is 16.8 Å². The summed E-state index contributed by atoms with van der Waals surface area (Å²) < 4.78 is 9.76. The fraction of sp³-hybridized carbons (Fsp3) is 0.280. The van der Waals surface area contributed by atoms with E-state index >= 15 is 0 Å². The third kappa shape index (κ3) is 4.55. The zero-order valence-electron chi connectivity index (χ0n) is 19.5. The molecule has 0 unspecified atom stereocenters. The smallest absolute Gasteiger partial charge is 0.331 e.